The summed E-state index contributed by atoms with van der Waals surface area (Å²) in [6, 6.07) is 0. The van der Waals surface area contributed by atoms with E-state index < -0.39 is 32.5 Å². The molecule has 0 radical (unpaired) electrons. The summed E-state index contributed by atoms with van der Waals surface area (Å²) in [5.74, 6) is -0.935. The van der Waals surface area contributed by atoms with Gasteiger partial charge in [0.2, 0.25) is 0 Å². The standard InChI is InChI=1S/C51H90NO8P/c1-3-5-7-9-11-13-15-17-19-21-22-23-24-25-26-28-29-31-33-35-37-39-41-43-50(53)57-47-49(48-59-61(55,56)58-46-45-52)60-51(54)44-42-40-38-36-34-32-30-27-20-18-16-14-12-10-8-6-4-2/h6,8,12,14,18,20,30,32,35-38,49H,3-5,7,9-11,13,15-17,19,21-29,31,33-34,39-48,52H2,1-2H3,(H,55,56)/b8-6+,14-12+,20-18+,32-30+,37-35+,38-36+/t49-/m0/s1. The van der Waals surface area contributed by atoms with Crippen LogP contribution >= 0.6 is 7.82 Å². The maximum absolute atomic E-state index is 12.6. The molecule has 0 amide bonds. The fraction of sp³-hybridized carbons (Fsp3) is 0.725. The molecule has 0 spiro atoms. The minimum absolute atomic E-state index is 0.0383. The molecule has 0 aromatic rings. The number of allylic oxidation sites excluding steroid dienone is 12. The van der Waals surface area contributed by atoms with Gasteiger partial charge in [-0.15, -0.1) is 0 Å². The van der Waals surface area contributed by atoms with Gasteiger partial charge in [0.15, 0.2) is 6.10 Å². The van der Waals surface area contributed by atoms with Crippen molar-refractivity contribution in [3.05, 3.63) is 72.9 Å². The lowest BCUT2D eigenvalue weighted by atomic mass is 10.0. The maximum Gasteiger partial charge on any atom is 0.472 e. The Morgan fingerprint density at radius 2 is 0.902 bits per heavy atom. The highest BCUT2D eigenvalue weighted by atomic mass is 31.2. The van der Waals surface area contributed by atoms with Crippen molar-refractivity contribution in [3.63, 3.8) is 0 Å². The largest absolute Gasteiger partial charge is 0.472 e. The van der Waals surface area contributed by atoms with E-state index in [-0.39, 0.29) is 32.6 Å². The average molecular weight is 876 g/mol. The molecule has 0 bridgehead atoms. The van der Waals surface area contributed by atoms with E-state index in [0.717, 1.165) is 44.9 Å². The van der Waals surface area contributed by atoms with E-state index in [1.165, 1.54) is 116 Å². The van der Waals surface area contributed by atoms with Crippen LogP contribution in [0.5, 0.6) is 0 Å². The third kappa shape index (κ3) is 46.8. The third-order valence-corrected chi connectivity index (χ3v) is 11.1. The summed E-state index contributed by atoms with van der Waals surface area (Å²) in [6.45, 7) is 3.53. The van der Waals surface area contributed by atoms with Gasteiger partial charge >= 0.3 is 19.8 Å². The zero-order chi connectivity index (χ0) is 44.6. The Morgan fingerprint density at radius 3 is 1.36 bits per heavy atom. The molecule has 0 aliphatic carbocycles. The summed E-state index contributed by atoms with van der Waals surface area (Å²) in [5.41, 5.74) is 5.35. The van der Waals surface area contributed by atoms with Crippen LogP contribution in [-0.4, -0.2) is 49.3 Å². The van der Waals surface area contributed by atoms with Crippen molar-refractivity contribution >= 4 is 19.8 Å². The van der Waals surface area contributed by atoms with Crippen LogP contribution in [0.1, 0.15) is 206 Å². The molecule has 352 valence electrons. The highest BCUT2D eigenvalue weighted by Gasteiger charge is 2.25. The molecule has 0 rings (SSSR count). The molecular formula is C51H90NO8P. The number of esters is 2. The van der Waals surface area contributed by atoms with E-state index >= 15 is 0 Å². The number of phosphoric ester groups is 1. The van der Waals surface area contributed by atoms with E-state index in [2.05, 4.69) is 80.7 Å². The molecule has 9 nitrogen and oxygen atoms in total. The molecule has 0 aromatic heterocycles. The van der Waals surface area contributed by atoms with E-state index in [1.54, 1.807) is 0 Å². The second-order valence-corrected chi connectivity index (χ2v) is 17.4. The van der Waals surface area contributed by atoms with Crippen LogP contribution in [0.15, 0.2) is 72.9 Å². The van der Waals surface area contributed by atoms with E-state index in [4.69, 9.17) is 24.3 Å². The van der Waals surface area contributed by atoms with Crippen LogP contribution in [0.25, 0.3) is 0 Å². The number of carbonyl (C=O) groups is 2. The molecule has 0 aromatic carbocycles. The Morgan fingerprint density at radius 1 is 0.508 bits per heavy atom. The number of unbranched alkanes of at least 4 members (excludes halogenated alkanes) is 20. The van der Waals surface area contributed by atoms with E-state index in [1.807, 2.05) is 6.08 Å². The molecule has 0 heterocycles. The summed E-state index contributed by atoms with van der Waals surface area (Å²) in [7, 11) is -4.40. The van der Waals surface area contributed by atoms with Gasteiger partial charge in [-0.25, -0.2) is 4.57 Å². The van der Waals surface area contributed by atoms with Gasteiger partial charge in [0.05, 0.1) is 13.2 Å². The fourth-order valence-electron chi connectivity index (χ4n) is 6.50. The first-order chi connectivity index (χ1) is 29.8. The van der Waals surface area contributed by atoms with Gasteiger partial charge in [-0.2, -0.15) is 0 Å². The van der Waals surface area contributed by atoms with Crippen molar-refractivity contribution in [2.75, 3.05) is 26.4 Å². The summed E-state index contributed by atoms with van der Waals surface area (Å²) >= 11 is 0. The first-order valence-electron chi connectivity index (χ1n) is 24.4. The van der Waals surface area contributed by atoms with Crippen molar-refractivity contribution in [1.29, 1.82) is 0 Å². The number of hydrogen-bond acceptors (Lipinski definition) is 8. The summed E-state index contributed by atoms with van der Waals surface area (Å²) in [4.78, 5) is 34.9. The summed E-state index contributed by atoms with van der Waals surface area (Å²) < 4.78 is 32.8. The lowest BCUT2D eigenvalue weighted by Crippen LogP contribution is -2.29. The number of rotatable bonds is 45. The van der Waals surface area contributed by atoms with Gasteiger partial charge in [-0.05, 0) is 70.6 Å². The Balaban J connectivity index is 4.15. The molecule has 61 heavy (non-hydrogen) atoms. The molecule has 0 saturated carbocycles. The SMILES string of the molecule is CC/C=C/C/C=C/C/C=C/C/C=C/C/C=C/CCCC(=O)O[C@@H](COC(=O)CCC/C=C/CCCCCCCCCCCCCCCCCCCC)COP(=O)(O)OCCN. The van der Waals surface area contributed by atoms with Crippen molar-refractivity contribution in [1.82, 2.24) is 0 Å². The predicted octanol–water partition coefficient (Wildman–Crippen LogP) is 14.6. The highest BCUT2D eigenvalue weighted by Crippen LogP contribution is 2.43. The normalized spacial score (nSPS) is 13.8. The first-order valence-corrected chi connectivity index (χ1v) is 25.9. The van der Waals surface area contributed by atoms with Crippen molar-refractivity contribution in [3.8, 4) is 0 Å². The number of hydrogen-bond donors (Lipinski definition) is 2. The van der Waals surface area contributed by atoms with E-state index in [0.29, 0.717) is 19.3 Å². The number of phosphoric acid groups is 1. The van der Waals surface area contributed by atoms with Crippen LogP contribution in [0.3, 0.4) is 0 Å². The number of nitrogens with two attached hydrogens (primary N) is 1. The van der Waals surface area contributed by atoms with Crippen LogP contribution < -0.4 is 5.73 Å². The van der Waals surface area contributed by atoms with Gasteiger partial charge in [0.25, 0.3) is 0 Å². The molecule has 10 heteroatoms. The fourth-order valence-corrected chi connectivity index (χ4v) is 7.26. The topological polar surface area (TPSA) is 134 Å². The van der Waals surface area contributed by atoms with Crippen LogP contribution in [0, 0.1) is 0 Å². The second kappa shape index (κ2) is 46.9. The van der Waals surface area contributed by atoms with Crippen molar-refractivity contribution in [2.45, 2.75) is 213 Å². The lowest BCUT2D eigenvalue weighted by Gasteiger charge is -2.19. The van der Waals surface area contributed by atoms with Crippen LogP contribution in [0.4, 0.5) is 0 Å². The highest BCUT2D eigenvalue weighted by molar-refractivity contribution is 7.47. The lowest BCUT2D eigenvalue weighted by molar-refractivity contribution is -0.161. The Bertz CT molecular complexity index is 1230. The molecule has 1 unspecified atom stereocenters. The van der Waals surface area contributed by atoms with Gasteiger partial charge in [0.1, 0.15) is 6.61 Å². The van der Waals surface area contributed by atoms with Crippen LogP contribution in [0.2, 0.25) is 0 Å². The molecule has 0 saturated heterocycles. The molecule has 2 atom stereocenters. The van der Waals surface area contributed by atoms with Crippen molar-refractivity contribution in [2.24, 2.45) is 5.73 Å². The quantitative estimate of drug-likeness (QED) is 0.0265. The second-order valence-electron chi connectivity index (χ2n) is 15.9. The van der Waals surface area contributed by atoms with Gasteiger partial charge in [-0.1, -0.05) is 196 Å². The number of ether oxygens (including phenoxy) is 2. The minimum Gasteiger partial charge on any atom is -0.462 e. The first kappa shape index (κ1) is 58.5. The minimum atomic E-state index is -4.40. The van der Waals surface area contributed by atoms with Crippen LogP contribution in [-0.2, 0) is 32.7 Å². The molecule has 3 N–H and O–H groups in total. The average Bonchev–Trinajstić information content (AvgIpc) is 3.25. The number of carbonyl (C=O) groups excluding carboxylic acids is 2. The predicted molar refractivity (Wildman–Crippen MR) is 256 cm³/mol. The Kier molecular flexibility index (Phi) is 45.0. The van der Waals surface area contributed by atoms with Gasteiger partial charge < -0.3 is 20.1 Å². The molecule has 0 aliphatic heterocycles. The van der Waals surface area contributed by atoms with Crippen molar-refractivity contribution < 1.29 is 37.6 Å². The van der Waals surface area contributed by atoms with Gasteiger partial charge in [-0.3, -0.25) is 18.6 Å². The monoisotopic (exact) mass is 876 g/mol. The van der Waals surface area contributed by atoms with Gasteiger partial charge in [0, 0.05) is 19.4 Å². The summed E-state index contributed by atoms with van der Waals surface area (Å²) in [6.07, 6.45) is 58.2. The zero-order valence-corrected chi connectivity index (χ0v) is 39.8. The molecule has 0 aliphatic rings. The zero-order valence-electron chi connectivity index (χ0n) is 38.9. The smallest absolute Gasteiger partial charge is 0.462 e. The van der Waals surface area contributed by atoms with E-state index in [9.17, 15) is 19.0 Å². The summed E-state index contributed by atoms with van der Waals surface area (Å²) in [5, 5.41) is 0. The Labute approximate surface area is 373 Å². The Hall–Kier alpha value is -2.55. The molecular weight excluding hydrogens is 786 g/mol. The third-order valence-electron chi connectivity index (χ3n) is 10.1. The maximum atomic E-state index is 12.6. The molecule has 0 fully saturated rings.